The number of nitrogens with zero attached hydrogens (tertiary/aromatic N) is 2. The maximum Gasteiger partial charge on any atom is 0.127 e. The molecule has 0 heterocycles. The molecule has 0 saturated carbocycles. The highest BCUT2D eigenvalue weighted by Crippen LogP contribution is 2.32. The van der Waals surface area contributed by atoms with Crippen LogP contribution in [0, 0.1) is 11.3 Å². The Kier molecular flexibility index (Phi) is 6.89. The molecule has 0 aliphatic heterocycles. The average molecular weight is 276 g/mol. The molecule has 0 N–H and O–H groups in total. The molecule has 4 nitrogen and oxygen atoms in total. The van der Waals surface area contributed by atoms with Crippen LogP contribution in [0.15, 0.2) is 18.2 Å². The van der Waals surface area contributed by atoms with E-state index < -0.39 is 0 Å². The summed E-state index contributed by atoms with van der Waals surface area (Å²) in [5.41, 5.74) is 0.872. The Hall–Kier alpha value is -1.73. The SMILES string of the molecule is CCCN(CCC)C(C#N)c1cc(OC)ccc1OC. The zero-order valence-electron chi connectivity index (χ0n) is 12.8. The van der Waals surface area contributed by atoms with Crippen molar-refractivity contribution >= 4 is 0 Å². The van der Waals surface area contributed by atoms with Crippen LogP contribution in [-0.4, -0.2) is 32.2 Å². The minimum atomic E-state index is -0.306. The molecule has 4 heteroatoms. The summed E-state index contributed by atoms with van der Waals surface area (Å²) in [7, 11) is 3.26. The summed E-state index contributed by atoms with van der Waals surface area (Å²) in [6, 6.07) is 7.70. The monoisotopic (exact) mass is 276 g/mol. The molecule has 0 amide bonds. The van der Waals surface area contributed by atoms with E-state index in [-0.39, 0.29) is 6.04 Å². The summed E-state index contributed by atoms with van der Waals surface area (Å²) in [5.74, 6) is 1.48. The van der Waals surface area contributed by atoms with Crippen molar-refractivity contribution < 1.29 is 9.47 Å². The number of hydrogen-bond acceptors (Lipinski definition) is 4. The molecule has 0 aliphatic carbocycles. The first-order valence-electron chi connectivity index (χ1n) is 7.07. The highest BCUT2D eigenvalue weighted by Gasteiger charge is 2.22. The molecule has 0 aromatic heterocycles. The van der Waals surface area contributed by atoms with Crippen LogP contribution in [0.5, 0.6) is 11.5 Å². The summed E-state index contributed by atoms with van der Waals surface area (Å²) < 4.78 is 10.7. The molecular formula is C16H24N2O2. The summed E-state index contributed by atoms with van der Waals surface area (Å²) in [6.45, 7) is 6.04. The topological polar surface area (TPSA) is 45.5 Å². The van der Waals surface area contributed by atoms with Crippen molar-refractivity contribution in [2.24, 2.45) is 0 Å². The summed E-state index contributed by atoms with van der Waals surface area (Å²) in [4.78, 5) is 2.19. The average Bonchev–Trinajstić information content (AvgIpc) is 2.48. The van der Waals surface area contributed by atoms with Crippen molar-refractivity contribution in [1.29, 1.82) is 5.26 Å². The van der Waals surface area contributed by atoms with Crippen LogP contribution >= 0.6 is 0 Å². The van der Waals surface area contributed by atoms with E-state index in [1.807, 2.05) is 18.2 Å². The van der Waals surface area contributed by atoms with Gasteiger partial charge >= 0.3 is 0 Å². The first-order valence-corrected chi connectivity index (χ1v) is 7.07. The molecule has 0 bridgehead atoms. The third kappa shape index (κ3) is 3.88. The van der Waals surface area contributed by atoms with Crippen molar-refractivity contribution in [3.63, 3.8) is 0 Å². The van der Waals surface area contributed by atoms with E-state index in [9.17, 15) is 5.26 Å². The van der Waals surface area contributed by atoms with Crippen LogP contribution in [0.1, 0.15) is 38.3 Å². The minimum Gasteiger partial charge on any atom is -0.497 e. The second-order valence-corrected chi connectivity index (χ2v) is 4.68. The minimum absolute atomic E-state index is 0.306. The van der Waals surface area contributed by atoms with Crippen LogP contribution in [0.4, 0.5) is 0 Å². The zero-order chi connectivity index (χ0) is 15.0. The first-order chi connectivity index (χ1) is 9.71. The standard InChI is InChI=1S/C16H24N2O2/c1-5-9-18(10-6-2)15(12-17)14-11-13(19-3)7-8-16(14)20-4/h7-8,11,15H,5-6,9-10H2,1-4H3. The number of methoxy groups -OCH3 is 2. The van der Waals surface area contributed by atoms with Crippen molar-refractivity contribution in [1.82, 2.24) is 4.90 Å². The fourth-order valence-electron chi connectivity index (χ4n) is 2.35. The lowest BCUT2D eigenvalue weighted by molar-refractivity contribution is 0.232. The Labute approximate surface area is 121 Å². The van der Waals surface area contributed by atoms with Crippen LogP contribution in [-0.2, 0) is 0 Å². The normalized spacial score (nSPS) is 12.0. The highest BCUT2D eigenvalue weighted by molar-refractivity contribution is 5.44. The molecule has 1 unspecified atom stereocenters. The smallest absolute Gasteiger partial charge is 0.127 e. The maximum atomic E-state index is 9.60. The van der Waals surface area contributed by atoms with Crippen LogP contribution < -0.4 is 9.47 Å². The molecule has 1 aromatic carbocycles. The Morgan fingerprint density at radius 2 is 1.80 bits per heavy atom. The largest absolute Gasteiger partial charge is 0.497 e. The lowest BCUT2D eigenvalue weighted by Crippen LogP contribution is -2.30. The molecule has 0 aliphatic rings. The van der Waals surface area contributed by atoms with Gasteiger partial charge in [-0.15, -0.1) is 0 Å². The van der Waals surface area contributed by atoms with E-state index in [0.717, 1.165) is 43.0 Å². The van der Waals surface area contributed by atoms with Gasteiger partial charge in [-0.3, -0.25) is 4.90 Å². The van der Waals surface area contributed by atoms with Gasteiger partial charge in [0, 0.05) is 5.56 Å². The Balaban J connectivity index is 3.17. The van der Waals surface area contributed by atoms with Gasteiger partial charge in [0.25, 0.3) is 0 Å². The fourth-order valence-corrected chi connectivity index (χ4v) is 2.35. The molecule has 0 saturated heterocycles. The number of benzene rings is 1. The van der Waals surface area contributed by atoms with Crippen molar-refractivity contribution in [3.8, 4) is 17.6 Å². The molecule has 1 aromatic rings. The number of ether oxygens (including phenoxy) is 2. The van der Waals surface area contributed by atoms with Gasteiger partial charge in [0.05, 0.1) is 20.3 Å². The van der Waals surface area contributed by atoms with E-state index in [4.69, 9.17) is 9.47 Å². The Morgan fingerprint density at radius 1 is 1.15 bits per heavy atom. The summed E-state index contributed by atoms with van der Waals surface area (Å²) >= 11 is 0. The van der Waals surface area contributed by atoms with Gasteiger partial charge in [-0.2, -0.15) is 5.26 Å². The Bertz CT molecular complexity index is 448. The van der Waals surface area contributed by atoms with Gasteiger partial charge in [0.1, 0.15) is 17.5 Å². The number of nitriles is 1. The number of rotatable bonds is 8. The molecule has 1 atom stereocenters. The van der Waals surface area contributed by atoms with Gasteiger partial charge in [-0.05, 0) is 44.1 Å². The predicted molar refractivity (Wildman–Crippen MR) is 80.1 cm³/mol. The zero-order valence-corrected chi connectivity index (χ0v) is 12.8. The van der Waals surface area contributed by atoms with E-state index in [0.29, 0.717) is 0 Å². The quantitative estimate of drug-likeness (QED) is 0.730. The van der Waals surface area contributed by atoms with E-state index in [2.05, 4.69) is 24.8 Å². The van der Waals surface area contributed by atoms with E-state index in [1.165, 1.54) is 0 Å². The van der Waals surface area contributed by atoms with E-state index in [1.54, 1.807) is 14.2 Å². The number of hydrogen-bond donors (Lipinski definition) is 0. The third-order valence-electron chi connectivity index (χ3n) is 3.24. The Morgan fingerprint density at radius 3 is 2.25 bits per heavy atom. The summed E-state index contributed by atoms with van der Waals surface area (Å²) in [6.07, 6.45) is 2.04. The van der Waals surface area contributed by atoms with E-state index >= 15 is 0 Å². The van der Waals surface area contributed by atoms with Gasteiger partial charge in [0.15, 0.2) is 0 Å². The first kappa shape index (κ1) is 16.3. The van der Waals surface area contributed by atoms with Gasteiger partial charge in [0.2, 0.25) is 0 Å². The second kappa shape index (κ2) is 8.44. The van der Waals surface area contributed by atoms with Crippen LogP contribution in [0.2, 0.25) is 0 Å². The van der Waals surface area contributed by atoms with Gasteiger partial charge in [-0.25, -0.2) is 0 Å². The highest BCUT2D eigenvalue weighted by atomic mass is 16.5. The molecule has 1 rings (SSSR count). The van der Waals surface area contributed by atoms with Gasteiger partial charge < -0.3 is 9.47 Å². The lowest BCUT2D eigenvalue weighted by Gasteiger charge is -2.27. The van der Waals surface area contributed by atoms with Crippen LogP contribution in [0.25, 0.3) is 0 Å². The van der Waals surface area contributed by atoms with Crippen molar-refractivity contribution in [2.75, 3.05) is 27.3 Å². The van der Waals surface area contributed by atoms with Crippen LogP contribution in [0.3, 0.4) is 0 Å². The van der Waals surface area contributed by atoms with Crippen molar-refractivity contribution in [2.45, 2.75) is 32.7 Å². The third-order valence-corrected chi connectivity index (χ3v) is 3.24. The van der Waals surface area contributed by atoms with Gasteiger partial charge in [-0.1, -0.05) is 13.8 Å². The lowest BCUT2D eigenvalue weighted by atomic mass is 10.0. The molecule has 0 spiro atoms. The second-order valence-electron chi connectivity index (χ2n) is 4.68. The molecule has 0 fully saturated rings. The molecule has 0 radical (unpaired) electrons. The predicted octanol–water partition coefficient (Wildman–Crippen LogP) is 3.39. The fraction of sp³-hybridized carbons (Fsp3) is 0.562. The summed E-state index contributed by atoms with van der Waals surface area (Å²) in [5, 5.41) is 9.60. The van der Waals surface area contributed by atoms with Crippen molar-refractivity contribution in [3.05, 3.63) is 23.8 Å². The maximum absolute atomic E-state index is 9.60. The molecule has 20 heavy (non-hydrogen) atoms. The molecule has 110 valence electrons. The molecular weight excluding hydrogens is 252 g/mol.